The number of carbonyl (C=O) groups excluding carboxylic acids is 1. The molecule has 1 aromatic rings. The second-order valence-electron chi connectivity index (χ2n) is 4.51. The molecule has 18 heavy (non-hydrogen) atoms. The first-order valence-electron chi connectivity index (χ1n) is 5.18. The van der Waals surface area contributed by atoms with Crippen molar-refractivity contribution in [3.05, 3.63) is 17.5 Å². The largest absolute Gasteiger partial charge is 0.452 e. The molecule has 0 spiro atoms. The van der Waals surface area contributed by atoms with E-state index in [0.29, 0.717) is 6.61 Å². The van der Waals surface area contributed by atoms with E-state index in [1.165, 1.54) is 13.8 Å². The van der Waals surface area contributed by atoms with Gasteiger partial charge in [0.25, 0.3) is 5.91 Å². The van der Waals surface area contributed by atoms with Crippen LogP contribution in [0, 0.1) is 0 Å². The van der Waals surface area contributed by atoms with Crippen LogP contribution in [0.2, 0.25) is 0 Å². The number of hydrogen-bond acceptors (Lipinski definition) is 4. The highest BCUT2D eigenvalue weighted by Gasteiger charge is 2.40. The van der Waals surface area contributed by atoms with E-state index in [0.717, 1.165) is 6.07 Å². The first-order valence-corrected chi connectivity index (χ1v) is 5.18. The summed E-state index contributed by atoms with van der Waals surface area (Å²) >= 11 is 0. The van der Waals surface area contributed by atoms with Crippen molar-refractivity contribution in [1.29, 1.82) is 0 Å². The van der Waals surface area contributed by atoms with Gasteiger partial charge in [0.05, 0.1) is 12.1 Å². The summed E-state index contributed by atoms with van der Waals surface area (Å²) in [6, 6.07) is 0.772. The number of nitrogens with one attached hydrogen (secondary N) is 1. The lowest BCUT2D eigenvalue weighted by atomic mass is 10.00. The molecule has 1 aromatic heterocycles. The standard InChI is InChI=1S/C10H11F3N2O3/c1-9(2,14-8(16)5-4-17-5)6-3-7(18-15-6)10(11,12)13/h3,5H,4H2,1-2H3,(H,14,16). The molecule has 1 amide bonds. The van der Waals surface area contributed by atoms with Gasteiger partial charge >= 0.3 is 6.18 Å². The van der Waals surface area contributed by atoms with Crippen LogP contribution in [0.5, 0.6) is 0 Å². The first-order chi connectivity index (χ1) is 8.20. The number of rotatable bonds is 3. The van der Waals surface area contributed by atoms with Crippen LogP contribution in [0.3, 0.4) is 0 Å². The van der Waals surface area contributed by atoms with E-state index in [4.69, 9.17) is 4.74 Å². The monoisotopic (exact) mass is 264 g/mol. The molecule has 5 nitrogen and oxygen atoms in total. The summed E-state index contributed by atoms with van der Waals surface area (Å²) in [5, 5.41) is 5.88. The summed E-state index contributed by atoms with van der Waals surface area (Å²) in [5.41, 5.74) is -1.06. The predicted molar refractivity (Wildman–Crippen MR) is 52.4 cm³/mol. The maximum atomic E-state index is 12.3. The number of hydrogen-bond donors (Lipinski definition) is 1. The average molecular weight is 264 g/mol. The van der Waals surface area contributed by atoms with Crippen molar-refractivity contribution >= 4 is 5.91 Å². The summed E-state index contributed by atoms with van der Waals surface area (Å²) < 4.78 is 46.0. The lowest BCUT2D eigenvalue weighted by Gasteiger charge is -2.22. The Morgan fingerprint density at radius 2 is 2.11 bits per heavy atom. The lowest BCUT2D eigenvalue weighted by molar-refractivity contribution is -0.155. The molecule has 100 valence electrons. The smallest absolute Gasteiger partial charge is 0.363 e. The van der Waals surface area contributed by atoms with Gasteiger partial charge in [-0.05, 0) is 13.8 Å². The van der Waals surface area contributed by atoms with Crippen LogP contribution in [0.15, 0.2) is 10.6 Å². The zero-order chi connectivity index (χ0) is 13.6. The van der Waals surface area contributed by atoms with E-state index in [9.17, 15) is 18.0 Å². The number of halogens is 3. The molecule has 1 aliphatic rings. The SMILES string of the molecule is CC(C)(NC(=O)C1CO1)c1cc(C(F)(F)F)on1. The molecule has 0 aromatic carbocycles. The van der Waals surface area contributed by atoms with Crippen molar-refractivity contribution in [3.8, 4) is 0 Å². The van der Waals surface area contributed by atoms with E-state index in [1.807, 2.05) is 0 Å². The third kappa shape index (κ3) is 2.63. The molecule has 1 fully saturated rings. The molecule has 1 saturated heterocycles. The van der Waals surface area contributed by atoms with Crippen molar-refractivity contribution in [2.75, 3.05) is 6.61 Å². The maximum absolute atomic E-state index is 12.3. The first kappa shape index (κ1) is 12.9. The Morgan fingerprint density at radius 3 is 2.56 bits per heavy atom. The number of ether oxygens (including phenoxy) is 1. The van der Waals surface area contributed by atoms with E-state index in [2.05, 4.69) is 15.0 Å². The summed E-state index contributed by atoms with van der Waals surface area (Å²) in [6.07, 6.45) is -5.11. The van der Waals surface area contributed by atoms with E-state index in [1.54, 1.807) is 0 Å². The molecule has 1 N–H and O–H groups in total. The number of aromatic nitrogens is 1. The van der Waals surface area contributed by atoms with Gasteiger partial charge < -0.3 is 14.6 Å². The third-order valence-electron chi connectivity index (χ3n) is 2.49. The molecule has 2 heterocycles. The molecule has 0 aliphatic carbocycles. The minimum absolute atomic E-state index is 0.00354. The number of alkyl halides is 3. The number of amides is 1. The van der Waals surface area contributed by atoms with Crippen LogP contribution in [0.1, 0.15) is 25.3 Å². The number of carbonyl (C=O) groups is 1. The van der Waals surface area contributed by atoms with Crippen molar-refractivity contribution in [2.24, 2.45) is 0 Å². The topological polar surface area (TPSA) is 67.7 Å². The van der Waals surface area contributed by atoms with Gasteiger partial charge in [-0.1, -0.05) is 5.16 Å². The van der Waals surface area contributed by atoms with Gasteiger partial charge in [-0.25, -0.2) is 0 Å². The number of epoxide rings is 1. The average Bonchev–Trinajstić information content (AvgIpc) is 2.92. The van der Waals surface area contributed by atoms with E-state index < -0.39 is 23.6 Å². The minimum Gasteiger partial charge on any atom is -0.363 e. The van der Waals surface area contributed by atoms with Gasteiger partial charge in [0, 0.05) is 6.07 Å². The molecule has 1 aliphatic heterocycles. The zero-order valence-electron chi connectivity index (χ0n) is 9.67. The molecule has 0 saturated carbocycles. The lowest BCUT2D eigenvalue weighted by Crippen LogP contribution is -2.43. The summed E-state index contributed by atoms with van der Waals surface area (Å²) in [4.78, 5) is 11.5. The quantitative estimate of drug-likeness (QED) is 0.839. The highest BCUT2D eigenvalue weighted by atomic mass is 19.4. The van der Waals surface area contributed by atoms with Crippen LogP contribution in [0.4, 0.5) is 13.2 Å². The van der Waals surface area contributed by atoms with Crippen LogP contribution in [-0.2, 0) is 21.2 Å². The highest BCUT2D eigenvalue weighted by Crippen LogP contribution is 2.32. The van der Waals surface area contributed by atoms with Crippen molar-refractivity contribution in [2.45, 2.75) is 31.7 Å². The molecular formula is C10H11F3N2O3. The van der Waals surface area contributed by atoms with Crippen molar-refractivity contribution in [1.82, 2.24) is 10.5 Å². The Kier molecular flexibility index (Phi) is 2.84. The van der Waals surface area contributed by atoms with Crippen molar-refractivity contribution in [3.63, 3.8) is 0 Å². The summed E-state index contributed by atoms with van der Waals surface area (Å²) in [6.45, 7) is 3.39. The molecule has 8 heteroatoms. The Morgan fingerprint density at radius 1 is 1.50 bits per heavy atom. The normalized spacial score (nSPS) is 19.7. The van der Waals surface area contributed by atoms with E-state index >= 15 is 0 Å². The summed E-state index contributed by atoms with van der Waals surface area (Å²) in [7, 11) is 0. The van der Waals surface area contributed by atoms with Crippen LogP contribution in [-0.4, -0.2) is 23.8 Å². The predicted octanol–water partition coefficient (Wildman–Crippen LogP) is 1.44. The fourth-order valence-corrected chi connectivity index (χ4v) is 1.36. The van der Waals surface area contributed by atoms with Gasteiger partial charge in [-0.3, -0.25) is 4.79 Å². The van der Waals surface area contributed by atoms with Crippen LogP contribution >= 0.6 is 0 Å². The van der Waals surface area contributed by atoms with E-state index in [-0.39, 0.29) is 11.6 Å². The fraction of sp³-hybridized carbons (Fsp3) is 0.600. The molecule has 2 rings (SSSR count). The van der Waals surface area contributed by atoms with Gasteiger partial charge in [-0.2, -0.15) is 13.2 Å². The Hall–Kier alpha value is -1.57. The van der Waals surface area contributed by atoms with Gasteiger partial charge in [-0.15, -0.1) is 0 Å². The molecule has 1 atom stereocenters. The Bertz CT molecular complexity index is 463. The molecular weight excluding hydrogens is 253 g/mol. The van der Waals surface area contributed by atoms with Gasteiger partial charge in [0.2, 0.25) is 5.76 Å². The molecule has 0 radical (unpaired) electrons. The van der Waals surface area contributed by atoms with Crippen LogP contribution in [0.25, 0.3) is 0 Å². The molecule has 1 unspecified atom stereocenters. The number of nitrogens with zero attached hydrogens (tertiary/aromatic N) is 1. The second-order valence-corrected chi connectivity index (χ2v) is 4.51. The Balaban J connectivity index is 2.13. The third-order valence-corrected chi connectivity index (χ3v) is 2.49. The second kappa shape index (κ2) is 3.98. The van der Waals surface area contributed by atoms with Gasteiger partial charge in [0.15, 0.2) is 6.10 Å². The Labute approximate surface area is 100 Å². The summed E-state index contributed by atoms with van der Waals surface area (Å²) in [5.74, 6) is -1.57. The maximum Gasteiger partial charge on any atom is 0.452 e. The highest BCUT2D eigenvalue weighted by molar-refractivity contribution is 5.83. The minimum atomic E-state index is -4.59. The van der Waals surface area contributed by atoms with Crippen LogP contribution < -0.4 is 5.32 Å². The zero-order valence-corrected chi connectivity index (χ0v) is 9.67. The fourth-order valence-electron chi connectivity index (χ4n) is 1.36. The molecule has 0 bridgehead atoms. The van der Waals surface area contributed by atoms with Gasteiger partial charge in [0.1, 0.15) is 5.69 Å². The van der Waals surface area contributed by atoms with Crippen molar-refractivity contribution < 1.29 is 27.2 Å².